The van der Waals surface area contributed by atoms with Crippen LogP contribution in [0.15, 0.2) is 0 Å². The van der Waals surface area contributed by atoms with Crippen LogP contribution in [0.2, 0.25) is 0 Å². The zero-order valence-electron chi connectivity index (χ0n) is 9.74. The summed E-state index contributed by atoms with van der Waals surface area (Å²) in [6.45, 7) is 5.32. The second kappa shape index (κ2) is 4.52. The van der Waals surface area contributed by atoms with Gasteiger partial charge < -0.3 is 9.64 Å². The number of methoxy groups -OCH3 is 1. The summed E-state index contributed by atoms with van der Waals surface area (Å²) in [6, 6.07) is 0. The van der Waals surface area contributed by atoms with E-state index in [9.17, 15) is 4.79 Å². The smallest absolute Gasteiger partial charge is 0.310 e. The zero-order chi connectivity index (χ0) is 10.8. The van der Waals surface area contributed by atoms with E-state index in [1.54, 1.807) is 0 Å². The van der Waals surface area contributed by atoms with Crippen molar-refractivity contribution in [2.24, 2.45) is 17.8 Å². The van der Waals surface area contributed by atoms with E-state index in [1.807, 2.05) is 0 Å². The molecule has 86 valence electrons. The number of ether oxygens (including phenoxy) is 1. The number of nitrogens with zero attached hydrogens (tertiary/aromatic N) is 1. The summed E-state index contributed by atoms with van der Waals surface area (Å²) >= 11 is 0. The van der Waals surface area contributed by atoms with Crippen molar-refractivity contribution < 1.29 is 9.53 Å². The van der Waals surface area contributed by atoms with Crippen LogP contribution in [0.1, 0.15) is 26.2 Å². The highest BCUT2D eigenvalue weighted by molar-refractivity contribution is 5.73. The van der Waals surface area contributed by atoms with Crippen molar-refractivity contribution in [3.63, 3.8) is 0 Å². The number of likely N-dealkylation sites (tertiary alicyclic amines) is 1. The van der Waals surface area contributed by atoms with Crippen LogP contribution in [-0.2, 0) is 9.53 Å². The fourth-order valence-corrected chi connectivity index (χ4v) is 2.71. The lowest BCUT2D eigenvalue weighted by atomic mass is 9.85. The Hall–Kier alpha value is -0.570. The normalized spacial score (nSPS) is 32.7. The highest BCUT2D eigenvalue weighted by atomic mass is 16.5. The molecule has 1 saturated carbocycles. The summed E-state index contributed by atoms with van der Waals surface area (Å²) in [7, 11) is 1.49. The van der Waals surface area contributed by atoms with Crippen LogP contribution in [-0.4, -0.2) is 37.6 Å². The van der Waals surface area contributed by atoms with Crippen LogP contribution in [0.4, 0.5) is 0 Å². The van der Waals surface area contributed by atoms with E-state index < -0.39 is 0 Å². The number of carbonyl (C=O) groups is 1. The molecule has 2 fully saturated rings. The first-order chi connectivity index (χ1) is 7.20. The molecule has 0 bridgehead atoms. The van der Waals surface area contributed by atoms with E-state index in [0.29, 0.717) is 5.92 Å². The third kappa shape index (κ3) is 2.33. The fraction of sp³-hybridized carbons (Fsp3) is 0.917. The minimum Gasteiger partial charge on any atom is -0.469 e. The summed E-state index contributed by atoms with van der Waals surface area (Å²) in [6.07, 6.45) is 4.16. The van der Waals surface area contributed by atoms with E-state index in [1.165, 1.54) is 32.9 Å². The molecule has 0 radical (unpaired) electrons. The van der Waals surface area contributed by atoms with Gasteiger partial charge in [0.2, 0.25) is 0 Å². The third-order valence-corrected chi connectivity index (χ3v) is 3.93. The Morgan fingerprint density at radius 3 is 2.67 bits per heavy atom. The average Bonchev–Trinajstić information content (AvgIpc) is 2.52. The van der Waals surface area contributed by atoms with Crippen LogP contribution in [0.5, 0.6) is 0 Å². The molecule has 0 aromatic carbocycles. The molecular weight excluding hydrogens is 190 g/mol. The highest BCUT2D eigenvalue weighted by Crippen LogP contribution is 2.31. The molecule has 2 unspecified atom stereocenters. The standard InChI is InChI=1S/C12H21NO2/c1-9-6-13(7-10-4-3-5-10)8-11(9)12(14)15-2/h9-11H,3-8H2,1-2H3. The molecule has 1 aliphatic heterocycles. The molecule has 1 heterocycles. The van der Waals surface area contributed by atoms with Gasteiger partial charge in [-0.3, -0.25) is 4.79 Å². The Morgan fingerprint density at radius 2 is 2.13 bits per heavy atom. The first-order valence-electron chi connectivity index (χ1n) is 6.01. The van der Waals surface area contributed by atoms with E-state index in [2.05, 4.69) is 11.8 Å². The lowest BCUT2D eigenvalue weighted by molar-refractivity contribution is -0.146. The number of esters is 1. The first kappa shape index (κ1) is 10.9. The van der Waals surface area contributed by atoms with Crippen LogP contribution < -0.4 is 0 Å². The molecule has 0 spiro atoms. The predicted octanol–water partition coefficient (Wildman–Crippen LogP) is 1.53. The van der Waals surface area contributed by atoms with Crippen molar-refractivity contribution in [1.82, 2.24) is 4.90 Å². The van der Waals surface area contributed by atoms with Gasteiger partial charge >= 0.3 is 5.97 Å². The molecule has 0 aromatic rings. The maximum Gasteiger partial charge on any atom is 0.310 e. The van der Waals surface area contributed by atoms with Crippen LogP contribution >= 0.6 is 0 Å². The van der Waals surface area contributed by atoms with Crippen molar-refractivity contribution in [2.45, 2.75) is 26.2 Å². The van der Waals surface area contributed by atoms with Gasteiger partial charge in [0.25, 0.3) is 0 Å². The van der Waals surface area contributed by atoms with Crippen LogP contribution in [0.25, 0.3) is 0 Å². The molecule has 2 aliphatic rings. The first-order valence-corrected chi connectivity index (χ1v) is 6.01. The SMILES string of the molecule is COC(=O)C1CN(CC2CCC2)CC1C. The third-order valence-electron chi connectivity index (χ3n) is 3.93. The van der Waals surface area contributed by atoms with Gasteiger partial charge in [0.05, 0.1) is 13.0 Å². The van der Waals surface area contributed by atoms with Gasteiger partial charge in [-0.05, 0) is 24.7 Å². The van der Waals surface area contributed by atoms with Gasteiger partial charge in [0.15, 0.2) is 0 Å². The molecular formula is C12H21NO2. The van der Waals surface area contributed by atoms with Crippen LogP contribution in [0, 0.1) is 17.8 Å². The fourth-order valence-electron chi connectivity index (χ4n) is 2.71. The summed E-state index contributed by atoms with van der Waals surface area (Å²) < 4.78 is 4.83. The van der Waals surface area contributed by atoms with Crippen molar-refractivity contribution in [3.8, 4) is 0 Å². The van der Waals surface area contributed by atoms with Gasteiger partial charge in [0, 0.05) is 19.6 Å². The predicted molar refractivity (Wildman–Crippen MR) is 58.5 cm³/mol. The monoisotopic (exact) mass is 211 g/mol. The Bertz CT molecular complexity index is 238. The molecule has 1 saturated heterocycles. The molecule has 2 atom stereocenters. The minimum absolute atomic E-state index is 0.0291. The lowest BCUT2D eigenvalue weighted by Crippen LogP contribution is -2.31. The number of rotatable bonds is 3. The maximum atomic E-state index is 11.5. The number of carbonyl (C=O) groups excluding carboxylic acids is 1. The number of hydrogen-bond acceptors (Lipinski definition) is 3. The second-order valence-corrected chi connectivity index (χ2v) is 5.12. The Balaban J connectivity index is 1.82. The summed E-state index contributed by atoms with van der Waals surface area (Å²) in [5, 5.41) is 0. The zero-order valence-corrected chi connectivity index (χ0v) is 9.74. The molecule has 3 heteroatoms. The van der Waals surface area contributed by atoms with Gasteiger partial charge in [-0.1, -0.05) is 13.3 Å². The van der Waals surface area contributed by atoms with E-state index in [0.717, 1.165) is 19.0 Å². The Labute approximate surface area is 91.8 Å². The summed E-state index contributed by atoms with van der Waals surface area (Å²) in [5.41, 5.74) is 0. The highest BCUT2D eigenvalue weighted by Gasteiger charge is 2.36. The summed E-state index contributed by atoms with van der Waals surface area (Å²) in [5.74, 6) is 1.43. The van der Waals surface area contributed by atoms with E-state index in [-0.39, 0.29) is 11.9 Å². The molecule has 0 amide bonds. The largest absolute Gasteiger partial charge is 0.469 e. The van der Waals surface area contributed by atoms with Gasteiger partial charge in [-0.2, -0.15) is 0 Å². The summed E-state index contributed by atoms with van der Waals surface area (Å²) in [4.78, 5) is 13.9. The molecule has 3 nitrogen and oxygen atoms in total. The van der Waals surface area contributed by atoms with E-state index in [4.69, 9.17) is 4.74 Å². The molecule has 0 aromatic heterocycles. The maximum absolute atomic E-state index is 11.5. The van der Waals surface area contributed by atoms with Gasteiger partial charge in [-0.25, -0.2) is 0 Å². The van der Waals surface area contributed by atoms with Crippen LogP contribution in [0.3, 0.4) is 0 Å². The van der Waals surface area contributed by atoms with Gasteiger partial charge in [0.1, 0.15) is 0 Å². The van der Waals surface area contributed by atoms with Crippen molar-refractivity contribution in [2.75, 3.05) is 26.7 Å². The lowest BCUT2D eigenvalue weighted by Gasteiger charge is -2.29. The van der Waals surface area contributed by atoms with Gasteiger partial charge in [-0.15, -0.1) is 0 Å². The quantitative estimate of drug-likeness (QED) is 0.663. The Kier molecular flexibility index (Phi) is 3.29. The molecule has 15 heavy (non-hydrogen) atoms. The van der Waals surface area contributed by atoms with Crippen molar-refractivity contribution in [1.29, 1.82) is 0 Å². The van der Waals surface area contributed by atoms with E-state index >= 15 is 0 Å². The topological polar surface area (TPSA) is 29.5 Å². The second-order valence-electron chi connectivity index (χ2n) is 5.12. The molecule has 1 aliphatic carbocycles. The van der Waals surface area contributed by atoms with Crippen molar-refractivity contribution in [3.05, 3.63) is 0 Å². The molecule has 0 N–H and O–H groups in total. The Morgan fingerprint density at radius 1 is 1.40 bits per heavy atom. The molecule has 2 rings (SSSR count). The number of hydrogen-bond donors (Lipinski definition) is 0. The van der Waals surface area contributed by atoms with Crippen molar-refractivity contribution >= 4 is 5.97 Å². The average molecular weight is 211 g/mol. The minimum atomic E-state index is -0.0291.